The number of amides is 6. The number of urea groups is 2. The number of hydrogen-bond donors (Lipinski definition) is 7. The summed E-state index contributed by atoms with van der Waals surface area (Å²) in [5.41, 5.74) is 12.4. The van der Waals surface area contributed by atoms with Gasteiger partial charge < -0.3 is 56.3 Å². The second-order valence-electron chi connectivity index (χ2n) is 19.1. The van der Waals surface area contributed by atoms with Crippen LogP contribution in [-0.4, -0.2) is 159 Å². The average Bonchev–Trinajstić information content (AvgIpc) is 3.81. The molecule has 3 aliphatic heterocycles. The van der Waals surface area contributed by atoms with Crippen LogP contribution in [0.1, 0.15) is 54.4 Å². The molecule has 3 aliphatic rings. The number of aromatic amines is 1. The number of likely N-dealkylation sites (N-methyl/N-ethyl adjacent to an activating group) is 1. The predicted molar refractivity (Wildman–Crippen MR) is 302 cm³/mol. The highest BCUT2D eigenvalue weighted by molar-refractivity contribution is 9.11. The van der Waals surface area contributed by atoms with E-state index < -0.39 is 34.0 Å². The van der Waals surface area contributed by atoms with Crippen molar-refractivity contribution in [2.24, 2.45) is 5.73 Å². The molecule has 5 heterocycles. The lowest BCUT2D eigenvalue weighted by atomic mass is 10.0. The minimum atomic E-state index is -3.23. The molecule has 0 aliphatic carbocycles. The summed E-state index contributed by atoms with van der Waals surface area (Å²) < 4.78 is 26.4. The maximum atomic E-state index is 14.2. The molecule has 2 atom stereocenters. The van der Waals surface area contributed by atoms with E-state index in [0.717, 1.165) is 46.4 Å². The molecular formula is C52H69Br2ClN12O7S. The smallest absolute Gasteiger partial charge is 0.322 e. The van der Waals surface area contributed by atoms with Crippen molar-refractivity contribution in [3.63, 3.8) is 0 Å². The summed E-state index contributed by atoms with van der Waals surface area (Å²) >= 11 is 6.74. The molecule has 2 saturated heterocycles. The number of anilines is 2. The quantitative estimate of drug-likeness (QED) is 0.0491. The van der Waals surface area contributed by atoms with E-state index in [0.29, 0.717) is 99.0 Å². The van der Waals surface area contributed by atoms with Crippen molar-refractivity contribution in [2.75, 3.05) is 83.7 Å². The lowest BCUT2D eigenvalue weighted by molar-refractivity contribution is -0.137. The summed E-state index contributed by atoms with van der Waals surface area (Å²) in [5.74, 6) is -0.616. The van der Waals surface area contributed by atoms with Crippen molar-refractivity contribution in [1.29, 1.82) is 0 Å². The van der Waals surface area contributed by atoms with Gasteiger partial charge in [-0.05, 0) is 163 Å². The molecule has 0 saturated carbocycles. The van der Waals surface area contributed by atoms with E-state index in [1.807, 2.05) is 79.8 Å². The predicted octanol–water partition coefficient (Wildman–Crippen LogP) is 6.15. The van der Waals surface area contributed by atoms with Crippen LogP contribution in [0.25, 0.3) is 10.9 Å². The van der Waals surface area contributed by atoms with Crippen LogP contribution in [-0.2, 0) is 44.8 Å². The molecule has 406 valence electrons. The summed E-state index contributed by atoms with van der Waals surface area (Å²) in [6.07, 6.45) is 9.47. The zero-order valence-corrected chi connectivity index (χ0v) is 47.4. The van der Waals surface area contributed by atoms with Crippen LogP contribution in [0, 0.1) is 0 Å². The molecule has 2 fully saturated rings. The lowest BCUT2D eigenvalue weighted by Crippen LogP contribution is -2.59. The largest absolute Gasteiger partial charge is 0.506 e. The number of carbonyl (C=O) groups excluding carboxylic acids is 4. The zero-order chi connectivity index (χ0) is 52.9. The van der Waals surface area contributed by atoms with Crippen molar-refractivity contribution in [3.8, 4) is 5.75 Å². The summed E-state index contributed by atoms with van der Waals surface area (Å²) in [7, 11) is 2.29. The summed E-state index contributed by atoms with van der Waals surface area (Å²) in [4.78, 5) is 71.9. The number of phenolic OH excluding ortho intramolecular Hbond substituents is 1. The number of hydrogen-bond acceptors (Lipinski definition) is 11. The van der Waals surface area contributed by atoms with E-state index in [1.54, 1.807) is 34.3 Å². The number of nitrogens with two attached hydrogens (primary N) is 1. The number of sulfonamides is 1. The first-order valence-corrected chi connectivity index (χ1v) is 28.2. The van der Waals surface area contributed by atoms with Crippen molar-refractivity contribution < 1.29 is 32.7 Å². The monoisotopic (exact) mass is 1200 g/mol. The molecule has 0 spiro atoms. The molecule has 75 heavy (non-hydrogen) atoms. The number of carbonyl (C=O) groups is 4. The first-order chi connectivity index (χ1) is 35.5. The van der Waals surface area contributed by atoms with Crippen molar-refractivity contribution in [2.45, 2.75) is 75.4 Å². The highest BCUT2D eigenvalue weighted by atomic mass is 79.9. The van der Waals surface area contributed by atoms with E-state index in [9.17, 15) is 32.7 Å². The van der Waals surface area contributed by atoms with Crippen LogP contribution >= 0.6 is 44.3 Å². The molecule has 6 amide bonds. The molecule has 23 heteroatoms. The Bertz CT molecular complexity index is 2830. The third kappa shape index (κ3) is 16.0. The van der Waals surface area contributed by atoms with Gasteiger partial charge in [0.15, 0.2) is 0 Å². The number of pyridine rings is 1. The third-order valence-electron chi connectivity index (χ3n) is 13.7. The number of fused-ring (bicyclic) bond motifs is 2. The van der Waals surface area contributed by atoms with Crippen LogP contribution in [0.5, 0.6) is 5.75 Å². The maximum Gasteiger partial charge on any atom is 0.322 e. The SMILES string of the molecule is CNS(=O)(=O)Cc1ccc2[nH]cc(CCN(C)C)c2c1.Cl.NCCCC[C@H](NC(=O)[C@@H](Cc1cc(Br)c(O)c(Br)c1)NC(=O)N1CCC(N2Cc3ccccc3NC2=O)CC1)C(=O)N1CCN(c2ccncc2)CC1. The van der Waals surface area contributed by atoms with Gasteiger partial charge in [0.05, 0.1) is 14.7 Å². The van der Waals surface area contributed by atoms with Gasteiger partial charge in [-0.2, -0.15) is 0 Å². The molecular weight excluding hydrogens is 1130 g/mol. The Morgan fingerprint density at radius 2 is 1.59 bits per heavy atom. The number of aromatic nitrogens is 2. The fourth-order valence-electron chi connectivity index (χ4n) is 9.46. The van der Waals surface area contributed by atoms with Crippen LogP contribution in [0.3, 0.4) is 0 Å². The first-order valence-electron chi connectivity index (χ1n) is 25.0. The number of piperazine rings is 1. The number of benzene rings is 3. The third-order valence-corrected chi connectivity index (χ3v) is 16.2. The number of halogens is 3. The minimum Gasteiger partial charge on any atom is -0.506 e. The number of aromatic hydroxyl groups is 1. The number of phenols is 1. The molecule has 8 rings (SSSR count). The highest BCUT2D eigenvalue weighted by Gasteiger charge is 2.35. The minimum absolute atomic E-state index is 0. The van der Waals surface area contributed by atoms with Crippen molar-refractivity contribution in [1.82, 2.24) is 44.9 Å². The van der Waals surface area contributed by atoms with Crippen LogP contribution in [0.2, 0.25) is 0 Å². The lowest BCUT2D eigenvalue weighted by Gasteiger charge is -2.40. The Morgan fingerprint density at radius 3 is 2.25 bits per heavy atom. The first kappa shape index (κ1) is 58.8. The number of nitrogens with zero attached hydrogens (tertiary/aromatic N) is 6. The van der Waals surface area contributed by atoms with E-state index in [4.69, 9.17) is 5.73 Å². The molecule has 8 N–H and O–H groups in total. The normalized spacial score (nSPS) is 15.8. The molecule has 2 aromatic heterocycles. The Labute approximate surface area is 462 Å². The second kappa shape index (κ2) is 27.5. The van der Waals surface area contributed by atoms with Gasteiger partial charge in [0, 0.05) is 106 Å². The summed E-state index contributed by atoms with van der Waals surface area (Å²) in [5, 5.41) is 20.4. The van der Waals surface area contributed by atoms with Gasteiger partial charge in [-0.25, -0.2) is 22.7 Å². The Hall–Kier alpha value is -5.49. The van der Waals surface area contributed by atoms with Gasteiger partial charge in [-0.1, -0.05) is 24.3 Å². The number of para-hydroxylation sites is 1. The van der Waals surface area contributed by atoms with Crippen molar-refractivity contribution >= 4 is 100 Å². The van der Waals surface area contributed by atoms with Gasteiger partial charge >= 0.3 is 12.1 Å². The molecule has 0 unspecified atom stereocenters. The van der Waals surface area contributed by atoms with Gasteiger partial charge in [0.1, 0.15) is 17.8 Å². The topological polar surface area (TPSA) is 242 Å². The standard InChI is InChI=1S/C38H47Br2N9O5.C14H21N3O2S.ClH/c39-29-21-25(22-30(40)34(29)50)23-33(45-37(53)48-15-10-28(11-16-48)49-24-26-5-1-2-6-31(26)44-38(49)54)35(51)43-32(7-3-4-12-41)36(52)47-19-17-46(18-20-47)27-8-13-42-14-9-27;1-15-20(18,19)10-11-4-5-14-13(8-11)12(9-16-14)6-7-17(2)3;/h1-2,5-6,8-9,13-14,21-22,28,32-33,50H,3-4,7,10-12,15-20,23-24,41H2,(H,43,51)(H,44,54)(H,45,53);4-5,8-9,15-16H,6-7,10H2,1-3H3;1H/t32-,33+;;/m0../s1. The van der Waals surface area contributed by atoms with Crippen molar-refractivity contribution in [3.05, 3.63) is 117 Å². The second-order valence-corrected chi connectivity index (χ2v) is 22.8. The molecule has 3 aromatic carbocycles. The summed E-state index contributed by atoms with van der Waals surface area (Å²) in [6, 6.07) is 18.4. The number of rotatable bonds is 18. The Balaban J connectivity index is 0.000000365. The van der Waals surface area contributed by atoms with E-state index in [2.05, 4.69) is 72.3 Å². The summed E-state index contributed by atoms with van der Waals surface area (Å²) in [6.45, 7) is 5.04. The number of nitrogens with one attached hydrogen (secondary N) is 5. The van der Waals surface area contributed by atoms with E-state index >= 15 is 0 Å². The van der Waals surface area contributed by atoms with Gasteiger partial charge in [0.2, 0.25) is 21.8 Å². The Morgan fingerprint density at radius 1 is 0.893 bits per heavy atom. The molecule has 5 aromatic rings. The molecule has 0 bridgehead atoms. The molecule has 19 nitrogen and oxygen atoms in total. The number of likely N-dealkylation sites (tertiary alicyclic amines) is 1. The molecule has 0 radical (unpaired) electrons. The van der Waals surface area contributed by atoms with Crippen LogP contribution in [0.4, 0.5) is 21.0 Å². The maximum absolute atomic E-state index is 14.2. The number of H-pyrrole nitrogens is 1. The fourth-order valence-corrected chi connectivity index (χ4v) is 11.5. The zero-order valence-electron chi connectivity index (χ0n) is 42.6. The number of unbranched alkanes of at least 4 members (excludes halogenated alkanes) is 1. The van der Waals surface area contributed by atoms with Gasteiger partial charge in [0.25, 0.3) is 0 Å². The number of piperidine rings is 1. The van der Waals surface area contributed by atoms with E-state index in [-0.39, 0.29) is 48.3 Å². The average molecular weight is 1200 g/mol. The Kier molecular flexibility index (Phi) is 21.6. The van der Waals surface area contributed by atoms with Crippen LogP contribution in [0.15, 0.2) is 94.3 Å². The van der Waals surface area contributed by atoms with Crippen LogP contribution < -0.4 is 31.3 Å². The van der Waals surface area contributed by atoms with Gasteiger partial charge in [-0.15, -0.1) is 12.4 Å². The van der Waals surface area contributed by atoms with Gasteiger partial charge in [-0.3, -0.25) is 14.6 Å². The highest BCUT2D eigenvalue weighted by Crippen LogP contribution is 2.34. The fraction of sp³-hybridized carbons (Fsp3) is 0.442. The van der Waals surface area contributed by atoms with E-state index in [1.165, 1.54) is 12.6 Å².